The summed E-state index contributed by atoms with van der Waals surface area (Å²) in [6, 6.07) is 1.39. The normalized spacial score (nSPS) is 11.4. The molecule has 0 aliphatic heterocycles. The number of aromatic nitrogens is 2. The average molecular weight is 294 g/mol. The SMILES string of the molecule is CNc1cc(NCCOCCOC)nc(C(F)(F)F)n1. The van der Waals surface area contributed by atoms with Crippen molar-refractivity contribution in [1.29, 1.82) is 0 Å². The predicted molar refractivity (Wildman–Crippen MR) is 67.8 cm³/mol. The summed E-state index contributed by atoms with van der Waals surface area (Å²) in [5, 5.41) is 5.31. The first-order valence-corrected chi connectivity index (χ1v) is 5.92. The highest BCUT2D eigenvalue weighted by atomic mass is 19.4. The van der Waals surface area contributed by atoms with Crippen LogP contribution in [0.1, 0.15) is 5.82 Å². The van der Waals surface area contributed by atoms with E-state index in [2.05, 4.69) is 20.6 Å². The molecule has 0 aliphatic rings. The van der Waals surface area contributed by atoms with E-state index in [0.29, 0.717) is 26.4 Å². The van der Waals surface area contributed by atoms with Gasteiger partial charge in [-0.2, -0.15) is 13.2 Å². The van der Waals surface area contributed by atoms with E-state index in [9.17, 15) is 13.2 Å². The van der Waals surface area contributed by atoms with E-state index in [-0.39, 0.29) is 11.6 Å². The van der Waals surface area contributed by atoms with Gasteiger partial charge in [0.1, 0.15) is 11.6 Å². The van der Waals surface area contributed by atoms with Gasteiger partial charge in [0.15, 0.2) is 0 Å². The minimum atomic E-state index is -4.59. The van der Waals surface area contributed by atoms with Crippen LogP contribution in [0, 0.1) is 0 Å². The number of halogens is 3. The highest BCUT2D eigenvalue weighted by Gasteiger charge is 2.35. The van der Waals surface area contributed by atoms with Crippen LogP contribution in [0.5, 0.6) is 0 Å². The van der Waals surface area contributed by atoms with Gasteiger partial charge >= 0.3 is 6.18 Å². The lowest BCUT2D eigenvalue weighted by Gasteiger charge is -2.11. The van der Waals surface area contributed by atoms with Gasteiger partial charge in [-0.1, -0.05) is 0 Å². The standard InChI is InChI=1S/C11H17F3N4O2/c1-15-8-7-9(16-3-4-20-6-5-19-2)18-10(17-8)11(12,13)14/h7H,3-6H2,1-2H3,(H2,15,16,17,18). The third-order valence-electron chi connectivity index (χ3n) is 2.22. The zero-order valence-corrected chi connectivity index (χ0v) is 11.3. The molecule has 6 nitrogen and oxygen atoms in total. The molecule has 1 rings (SSSR count). The van der Waals surface area contributed by atoms with Crippen molar-refractivity contribution in [3.05, 3.63) is 11.9 Å². The zero-order valence-electron chi connectivity index (χ0n) is 11.3. The Morgan fingerprint density at radius 2 is 1.85 bits per heavy atom. The van der Waals surface area contributed by atoms with Crippen molar-refractivity contribution in [2.45, 2.75) is 6.18 Å². The maximum atomic E-state index is 12.6. The van der Waals surface area contributed by atoms with Crippen LogP contribution >= 0.6 is 0 Å². The van der Waals surface area contributed by atoms with E-state index < -0.39 is 12.0 Å². The number of hydrogen-bond acceptors (Lipinski definition) is 6. The summed E-state index contributed by atoms with van der Waals surface area (Å²) in [6.45, 7) is 1.57. The van der Waals surface area contributed by atoms with Crippen molar-refractivity contribution in [3.8, 4) is 0 Å². The molecule has 2 N–H and O–H groups in total. The monoisotopic (exact) mass is 294 g/mol. The van der Waals surface area contributed by atoms with Crippen LogP contribution in [0.2, 0.25) is 0 Å². The van der Waals surface area contributed by atoms with E-state index in [1.54, 1.807) is 7.11 Å². The first kappa shape index (κ1) is 16.4. The molecule has 0 saturated carbocycles. The first-order chi connectivity index (χ1) is 9.47. The Morgan fingerprint density at radius 3 is 2.45 bits per heavy atom. The molecule has 0 spiro atoms. The van der Waals surface area contributed by atoms with E-state index in [1.807, 2.05) is 0 Å². The van der Waals surface area contributed by atoms with Crippen LogP contribution in [0.4, 0.5) is 24.8 Å². The third kappa shape index (κ3) is 5.57. The number of methoxy groups -OCH3 is 1. The van der Waals surface area contributed by atoms with E-state index >= 15 is 0 Å². The second-order valence-electron chi connectivity index (χ2n) is 3.74. The number of anilines is 2. The average Bonchev–Trinajstić information content (AvgIpc) is 2.41. The molecule has 1 aromatic rings. The van der Waals surface area contributed by atoms with Gasteiger partial charge in [0, 0.05) is 26.8 Å². The molecule has 0 aromatic carbocycles. The molecule has 20 heavy (non-hydrogen) atoms. The van der Waals surface area contributed by atoms with Gasteiger partial charge in [-0.15, -0.1) is 0 Å². The molecule has 0 saturated heterocycles. The zero-order chi connectivity index (χ0) is 15.0. The number of nitrogens with one attached hydrogen (secondary N) is 2. The van der Waals surface area contributed by atoms with Crippen molar-refractivity contribution in [2.24, 2.45) is 0 Å². The Labute approximate surface area is 114 Å². The van der Waals surface area contributed by atoms with Gasteiger partial charge in [0.25, 0.3) is 0 Å². The molecule has 1 heterocycles. The summed E-state index contributed by atoms with van der Waals surface area (Å²) in [4.78, 5) is 6.78. The quantitative estimate of drug-likeness (QED) is 0.710. The summed E-state index contributed by atoms with van der Waals surface area (Å²) in [5.74, 6) is -1.01. The Bertz CT molecular complexity index is 415. The molecule has 1 aromatic heterocycles. The second kappa shape index (κ2) is 7.85. The molecule has 0 atom stereocenters. The topological polar surface area (TPSA) is 68.3 Å². The lowest BCUT2D eigenvalue weighted by atomic mass is 10.4. The van der Waals surface area contributed by atoms with Crippen LogP contribution in [-0.2, 0) is 15.7 Å². The van der Waals surface area contributed by atoms with Crippen LogP contribution in [0.15, 0.2) is 6.07 Å². The smallest absolute Gasteiger partial charge is 0.382 e. The molecule has 0 aliphatic carbocycles. The Balaban J connectivity index is 2.56. The molecule has 0 radical (unpaired) electrons. The van der Waals surface area contributed by atoms with Gasteiger partial charge in [0.05, 0.1) is 19.8 Å². The van der Waals surface area contributed by atoms with Gasteiger partial charge in [0.2, 0.25) is 5.82 Å². The fourth-order valence-corrected chi connectivity index (χ4v) is 1.29. The molecule has 0 amide bonds. The van der Waals surface area contributed by atoms with Crippen LogP contribution in [-0.4, -0.2) is 50.5 Å². The maximum Gasteiger partial charge on any atom is 0.451 e. The lowest BCUT2D eigenvalue weighted by molar-refractivity contribution is -0.144. The molecule has 0 fully saturated rings. The van der Waals surface area contributed by atoms with Gasteiger partial charge < -0.3 is 20.1 Å². The summed E-state index contributed by atoms with van der Waals surface area (Å²) in [6.07, 6.45) is -4.59. The van der Waals surface area contributed by atoms with Crippen molar-refractivity contribution in [2.75, 3.05) is 51.2 Å². The molecule has 0 unspecified atom stereocenters. The summed E-state index contributed by atoms with van der Waals surface area (Å²) in [5.41, 5.74) is 0. The number of rotatable bonds is 8. The fraction of sp³-hybridized carbons (Fsp3) is 0.636. The van der Waals surface area contributed by atoms with Gasteiger partial charge in [-0.3, -0.25) is 0 Å². The molecule has 114 valence electrons. The molecular formula is C11H17F3N4O2. The summed E-state index contributed by atoms with van der Waals surface area (Å²) >= 11 is 0. The third-order valence-corrected chi connectivity index (χ3v) is 2.22. The van der Waals surface area contributed by atoms with Gasteiger partial charge in [-0.25, -0.2) is 9.97 Å². The maximum absolute atomic E-state index is 12.6. The molecular weight excluding hydrogens is 277 g/mol. The lowest BCUT2D eigenvalue weighted by Crippen LogP contribution is -2.17. The van der Waals surface area contributed by atoms with Crippen molar-refractivity contribution < 1.29 is 22.6 Å². The van der Waals surface area contributed by atoms with Gasteiger partial charge in [-0.05, 0) is 0 Å². The van der Waals surface area contributed by atoms with E-state index in [0.717, 1.165) is 0 Å². The Kier molecular flexibility index (Phi) is 6.46. The minimum Gasteiger partial charge on any atom is -0.382 e. The number of hydrogen-bond donors (Lipinski definition) is 2. The number of alkyl halides is 3. The van der Waals surface area contributed by atoms with Crippen molar-refractivity contribution in [1.82, 2.24) is 9.97 Å². The van der Waals surface area contributed by atoms with Crippen LogP contribution in [0.3, 0.4) is 0 Å². The minimum absolute atomic E-state index is 0.0898. The second-order valence-corrected chi connectivity index (χ2v) is 3.74. The number of nitrogens with zero attached hydrogens (tertiary/aromatic N) is 2. The first-order valence-electron chi connectivity index (χ1n) is 5.92. The fourth-order valence-electron chi connectivity index (χ4n) is 1.29. The highest BCUT2D eigenvalue weighted by Crippen LogP contribution is 2.28. The Hall–Kier alpha value is -1.61. The van der Waals surface area contributed by atoms with Crippen molar-refractivity contribution in [3.63, 3.8) is 0 Å². The largest absolute Gasteiger partial charge is 0.451 e. The van der Waals surface area contributed by atoms with Crippen molar-refractivity contribution >= 4 is 11.6 Å². The van der Waals surface area contributed by atoms with Crippen LogP contribution < -0.4 is 10.6 Å². The van der Waals surface area contributed by atoms with Crippen LogP contribution in [0.25, 0.3) is 0 Å². The van der Waals surface area contributed by atoms with E-state index in [4.69, 9.17) is 9.47 Å². The number of ether oxygens (including phenoxy) is 2. The van der Waals surface area contributed by atoms with E-state index in [1.165, 1.54) is 13.1 Å². The predicted octanol–water partition coefficient (Wildman–Crippen LogP) is 1.61. The highest BCUT2D eigenvalue weighted by molar-refractivity contribution is 5.47. The summed E-state index contributed by atoms with van der Waals surface area (Å²) in [7, 11) is 3.04. The molecule has 0 bridgehead atoms. The Morgan fingerprint density at radius 1 is 1.15 bits per heavy atom. The summed E-state index contributed by atoms with van der Waals surface area (Å²) < 4.78 is 47.8. The molecule has 9 heteroatoms.